The average molecular weight is 247 g/mol. The van der Waals surface area contributed by atoms with Crippen LogP contribution in [0.25, 0.3) is 0 Å². The molecule has 1 amide bonds. The lowest BCUT2D eigenvalue weighted by Crippen LogP contribution is -2.12. The largest absolute Gasteiger partial charge is 0.306 e. The van der Waals surface area contributed by atoms with Crippen LogP contribution in [-0.4, -0.2) is 15.9 Å². The van der Waals surface area contributed by atoms with Crippen molar-refractivity contribution in [1.29, 1.82) is 0 Å². The Balaban J connectivity index is 2.20. The van der Waals surface area contributed by atoms with Crippen LogP contribution in [0.4, 0.5) is 5.82 Å². The molecule has 0 bridgehead atoms. The van der Waals surface area contributed by atoms with Crippen molar-refractivity contribution in [3.05, 3.63) is 39.5 Å². The third-order valence-corrected chi connectivity index (χ3v) is 3.34. The molecule has 0 aliphatic carbocycles. The minimum Gasteiger partial charge on any atom is -0.306 e. The van der Waals surface area contributed by atoms with Crippen LogP contribution >= 0.6 is 11.3 Å². The van der Waals surface area contributed by atoms with Gasteiger partial charge in [0.05, 0.1) is 10.7 Å². The molecule has 0 atom stereocenters. The fourth-order valence-corrected chi connectivity index (χ4v) is 2.33. The van der Waals surface area contributed by atoms with Gasteiger partial charge < -0.3 is 5.32 Å². The molecule has 88 valence electrons. The van der Waals surface area contributed by atoms with Gasteiger partial charge >= 0.3 is 0 Å². The summed E-state index contributed by atoms with van der Waals surface area (Å²) in [5.74, 6) is 0.423. The summed E-state index contributed by atoms with van der Waals surface area (Å²) in [6.45, 7) is 5.68. The van der Waals surface area contributed by atoms with E-state index in [1.165, 1.54) is 11.3 Å². The number of hydrogen-bond acceptors (Lipinski definition) is 4. The first-order chi connectivity index (χ1) is 8.06. The second kappa shape index (κ2) is 4.63. The third-order valence-electron chi connectivity index (χ3n) is 2.27. The smallest absolute Gasteiger partial charge is 0.268 e. The van der Waals surface area contributed by atoms with Crippen molar-refractivity contribution >= 4 is 23.1 Å². The van der Waals surface area contributed by atoms with Crippen LogP contribution in [0.3, 0.4) is 0 Å². The highest BCUT2D eigenvalue weighted by atomic mass is 32.1. The minimum absolute atomic E-state index is 0.147. The lowest BCUT2D eigenvalue weighted by molar-refractivity contribution is 0.102. The monoisotopic (exact) mass is 247 g/mol. The summed E-state index contributed by atoms with van der Waals surface area (Å²) < 4.78 is 0. The SMILES string of the molecule is Cc1ccnc(NC(=O)c2sc(C)nc2C)c1. The molecule has 2 heterocycles. The Morgan fingerprint density at radius 2 is 2.12 bits per heavy atom. The molecule has 0 aliphatic rings. The molecular weight excluding hydrogens is 234 g/mol. The predicted molar refractivity (Wildman–Crippen MR) is 68.5 cm³/mol. The number of carbonyl (C=O) groups excluding carboxylic acids is 1. The zero-order valence-corrected chi connectivity index (χ0v) is 10.8. The summed E-state index contributed by atoms with van der Waals surface area (Å²) in [6.07, 6.45) is 1.68. The van der Waals surface area contributed by atoms with E-state index in [2.05, 4.69) is 15.3 Å². The number of anilines is 1. The van der Waals surface area contributed by atoms with Gasteiger partial charge in [0.2, 0.25) is 0 Å². The Morgan fingerprint density at radius 1 is 1.35 bits per heavy atom. The Hall–Kier alpha value is -1.75. The molecule has 0 aromatic carbocycles. The number of nitrogens with zero attached hydrogens (tertiary/aromatic N) is 2. The van der Waals surface area contributed by atoms with E-state index < -0.39 is 0 Å². The molecule has 0 saturated carbocycles. The van der Waals surface area contributed by atoms with Gasteiger partial charge in [-0.25, -0.2) is 9.97 Å². The average Bonchev–Trinajstić information content (AvgIpc) is 2.58. The van der Waals surface area contributed by atoms with Crippen molar-refractivity contribution in [1.82, 2.24) is 9.97 Å². The Labute approximate surface area is 104 Å². The highest BCUT2D eigenvalue weighted by Crippen LogP contribution is 2.18. The molecule has 0 spiro atoms. The zero-order valence-electron chi connectivity index (χ0n) is 9.94. The van der Waals surface area contributed by atoms with E-state index >= 15 is 0 Å². The van der Waals surface area contributed by atoms with E-state index in [1.54, 1.807) is 6.20 Å². The first-order valence-electron chi connectivity index (χ1n) is 5.24. The van der Waals surface area contributed by atoms with Crippen LogP contribution in [0.1, 0.15) is 25.9 Å². The van der Waals surface area contributed by atoms with Gasteiger partial charge in [0.1, 0.15) is 10.7 Å². The quantitative estimate of drug-likeness (QED) is 0.887. The van der Waals surface area contributed by atoms with Crippen LogP contribution < -0.4 is 5.32 Å². The maximum atomic E-state index is 12.0. The van der Waals surface area contributed by atoms with E-state index in [0.717, 1.165) is 16.3 Å². The molecule has 2 rings (SSSR count). The lowest BCUT2D eigenvalue weighted by atomic mass is 10.3. The Bertz CT molecular complexity index is 563. The first kappa shape index (κ1) is 11.7. The molecule has 0 fully saturated rings. The van der Waals surface area contributed by atoms with Crippen LogP contribution in [0.15, 0.2) is 18.3 Å². The zero-order chi connectivity index (χ0) is 12.4. The van der Waals surface area contributed by atoms with Gasteiger partial charge in [-0.3, -0.25) is 4.79 Å². The van der Waals surface area contributed by atoms with E-state index in [0.29, 0.717) is 10.7 Å². The highest BCUT2D eigenvalue weighted by molar-refractivity contribution is 7.13. The summed E-state index contributed by atoms with van der Waals surface area (Å²) in [5.41, 5.74) is 1.82. The number of aryl methyl sites for hydroxylation is 3. The first-order valence-corrected chi connectivity index (χ1v) is 6.06. The number of pyridine rings is 1. The standard InChI is InChI=1S/C12H13N3OS/c1-7-4-5-13-10(6-7)15-12(16)11-8(2)14-9(3)17-11/h4-6H,1-3H3,(H,13,15,16). The van der Waals surface area contributed by atoms with Gasteiger partial charge in [-0.15, -0.1) is 11.3 Å². The summed E-state index contributed by atoms with van der Waals surface area (Å²) in [6, 6.07) is 3.72. The van der Waals surface area contributed by atoms with Gasteiger partial charge in [-0.05, 0) is 38.5 Å². The fourth-order valence-electron chi connectivity index (χ4n) is 1.52. The second-order valence-corrected chi connectivity index (χ2v) is 5.02. The normalized spacial score (nSPS) is 10.3. The van der Waals surface area contributed by atoms with E-state index in [9.17, 15) is 4.79 Å². The van der Waals surface area contributed by atoms with Crippen molar-refractivity contribution in [3.8, 4) is 0 Å². The van der Waals surface area contributed by atoms with Gasteiger partial charge in [-0.1, -0.05) is 0 Å². The third kappa shape index (κ3) is 2.68. The van der Waals surface area contributed by atoms with Crippen LogP contribution in [0.5, 0.6) is 0 Å². The van der Waals surface area contributed by atoms with Crippen molar-refractivity contribution in [2.75, 3.05) is 5.32 Å². The molecule has 0 saturated heterocycles. The van der Waals surface area contributed by atoms with Crippen LogP contribution in [0.2, 0.25) is 0 Å². The molecule has 0 aliphatic heterocycles. The predicted octanol–water partition coefficient (Wildman–Crippen LogP) is 2.72. The van der Waals surface area contributed by atoms with Gasteiger partial charge in [0.25, 0.3) is 5.91 Å². The summed E-state index contributed by atoms with van der Waals surface area (Å²) in [4.78, 5) is 20.9. The van der Waals surface area contributed by atoms with E-state index in [4.69, 9.17) is 0 Å². The van der Waals surface area contributed by atoms with Crippen LogP contribution in [-0.2, 0) is 0 Å². The number of thiazole rings is 1. The van der Waals surface area contributed by atoms with E-state index in [1.807, 2.05) is 32.9 Å². The van der Waals surface area contributed by atoms with Crippen molar-refractivity contribution < 1.29 is 4.79 Å². The number of hydrogen-bond donors (Lipinski definition) is 1. The topological polar surface area (TPSA) is 54.9 Å². The number of nitrogens with one attached hydrogen (secondary N) is 1. The molecule has 17 heavy (non-hydrogen) atoms. The van der Waals surface area contributed by atoms with Crippen molar-refractivity contribution in [3.63, 3.8) is 0 Å². The summed E-state index contributed by atoms with van der Waals surface area (Å²) >= 11 is 1.39. The van der Waals surface area contributed by atoms with Crippen molar-refractivity contribution in [2.45, 2.75) is 20.8 Å². The molecule has 0 unspecified atom stereocenters. The maximum absolute atomic E-state index is 12.0. The second-order valence-electron chi connectivity index (χ2n) is 3.82. The Kier molecular flexibility index (Phi) is 3.19. The van der Waals surface area contributed by atoms with Gasteiger partial charge in [0.15, 0.2) is 0 Å². The van der Waals surface area contributed by atoms with E-state index in [-0.39, 0.29) is 5.91 Å². The van der Waals surface area contributed by atoms with Crippen LogP contribution in [0, 0.1) is 20.8 Å². The number of amides is 1. The summed E-state index contributed by atoms with van der Waals surface area (Å²) in [7, 11) is 0. The van der Waals surface area contributed by atoms with Gasteiger partial charge in [-0.2, -0.15) is 0 Å². The fraction of sp³-hybridized carbons (Fsp3) is 0.250. The Morgan fingerprint density at radius 3 is 2.71 bits per heavy atom. The molecule has 5 heteroatoms. The number of aromatic nitrogens is 2. The molecule has 2 aromatic heterocycles. The minimum atomic E-state index is -0.147. The number of carbonyl (C=O) groups is 1. The molecular formula is C12H13N3OS. The molecule has 2 aromatic rings. The molecule has 4 nitrogen and oxygen atoms in total. The van der Waals surface area contributed by atoms with Gasteiger partial charge in [0, 0.05) is 6.20 Å². The molecule has 0 radical (unpaired) electrons. The summed E-state index contributed by atoms with van der Waals surface area (Å²) in [5, 5.41) is 3.67. The molecule has 1 N–H and O–H groups in total. The van der Waals surface area contributed by atoms with Crippen molar-refractivity contribution in [2.24, 2.45) is 0 Å². The number of rotatable bonds is 2. The highest BCUT2D eigenvalue weighted by Gasteiger charge is 2.14. The lowest BCUT2D eigenvalue weighted by Gasteiger charge is -2.03. The maximum Gasteiger partial charge on any atom is 0.268 e.